The van der Waals surface area contributed by atoms with Gasteiger partial charge in [0, 0.05) is 55.1 Å². The number of hydrogen-bond acceptors (Lipinski definition) is 5. The molecule has 0 radical (unpaired) electrons. The average molecular weight is 472 g/mol. The number of carbonyl (C=O) groups excluding carboxylic acids is 1. The van der Waals surface area contributed by atoms with Gasteiger partial charge in [0.25, 0.3) is 5.91 Å². The number of nitrogens with one attached hydrogen (secondary N) is 1. The fourth-order valence-corrected chi connectivity index (χ4v) is 5.78. The first kappa shape index (κ1) is 23.4. The summed E-state index contributed by atoms with van der Waals surface area (Å²) in [5.41, 5.74) is 1.97. The summed E-state index contributed by atoms with van der Waals surface area (Å²) in [7, 11) is -2.06. The van der Waals surface area contributed by atoms with E-state index in [9.17, 15) is 13.2 Å². The van der Waals surface area contributed by atoms with E-state index in [0.29, 0.717) is 12.3 Å². The Labute approximate surface area is 194 Å². The number of methoxy groups -OCH3 is 1. The molecule has 0 bridgehead atoms. The van der Waals surface area contributed by atoms with E-state index < -0.39 is 10.0 Å². The third-order valence-corrected chi connectivity index (χ3v) is 7.51. The molecule has 1 fully saturated rings. The Morgan fingerprint density at radius 3 is 2.61 bits per heavy atom. The molecule has 2 aromatic carbocycles. The summed E-state index contributed by atoms with van der Waals surface area (Å²) in [6, 6.07) is 13.8. The summed E-state index contributed by atoms with van der Waals surface area (Å²) < 4.78 is 40.6. The van der Waals surface area contributed by atoms with Gasteiger partial charge in [-0.25, -0.2) is 8.42 Å². The van der Waals surface area contributed by atoms with Crippen LogP contribution in [0.3, 0.4) is 0 Å². The summed E-state index contributed by atoms with van der Waals surface area (Å²) >= 11 is 0. The zero-order valence-electron chi connectivity index (χ0n) is 19.0. The molecule has 1 aromatic heterocycles. The van der Waals surface area contributed by atoms with E-state index in [0.717, 1.165) is 17.4 Å². The summed E-state index contributed by atoms with van der Waals surface area (Å²) in [4.78, 5) is 13.0. The molecule has 1 aliphatic rings. The minimum absolute atomic E-state index is 0.0992. The van der Waals surface area contributed by atoms with Crippen molar-refractivity contribution < 1.29 is 22.7 Å². The Balaban J connectivity index is 1.52. The molecule has 1 amide bonds. The Kier molecular flexibility index (Phi) is 6.85. The molecule has 1 N–H and O–H groups in total. The molecule has 4 rings (SSSR count). The van der Waals surface area contributed by atoms with E-state index in [1.165, 1.54) is 16.4 Å². The third kappa shape index (κ3) is 5.11. The SMILES string of the molecule is COCCn1ccc2cc(NC(=O)c3cccc(S(=O)(=O)N4CC(C)OC(C)C4)c3)ccc21. The van der Waals surface area contributed by atoms with Crippen LogP contribution in [0, 0.1) is 0 Å². The second-order valence-corrected chi connectivity index (χ2v) is 10.3. The second kappa shape index (κ2) is 9.64. The summed E-state index contributed by atoms with van der Waals surface area (Å²) in [5.74, 6) is -0.367. The van der Waals surface area contributed by atoms with E-state index in [1.807, 2.05) is 44.3 Å². The van der Waals surface area contributed by atoms with Crippen LogP contribution in [0.4, 0.5) is 5.69 Å². The molecule has 8 nitrogen and oxygen atoms in total. The Morgan fingerprint density at radius 2 is 1.88 bits per heavy atom. The van der Waals surface area contributed by atoms with Gasteiger partial charge in [0.15, 0.2) is 0 Å². The van der Waals surface area contributed by atoms with Crippen LogP contribution in [0.15, 0.2) is 59.6 Å². The molecular weight excluding hydrogens is 442 g/mol. The number of sulfonamides is 1. The standard InChI is InChI=1S/C24H29N3O5S/c1-17-15-27(16-18(2)32-17)33(29,30)22-6-4-5-20(14-22)24(28)25-21-7-8-23-19(13-21)9-10-26(23)11-12-31-3/h4-10,13-14,17-18H,11-12,15-16H2,1-3H3,(H,25,28). The zero-order chi connectivity index (χ0) is 23.6. The maximum absolute atomic E-state index is 13.2. The maximum Gasteiger partial charge on any atom is 0.255 e. The van der Waals surface area contributed by atoms with Crippen molar-refractivity contribution in [1.29, 1.82) is 0 Å². The number of hydrogen-bond donors (Lipinski definition) is 1. The van der Waals surface area contributed by atoms with E-state index in [-0.39, 0.29) is 41.7 Å². The minimum Gasteiger partial charge on any atom is -0.383 e. The van der Waals surface area contributed by atoms with Gasteiger partial charge < -0.3 is 19.4 Å². The first-order valence-electron chi connectivity index (χ1n) is 10.9. The van der Waals surface area contributed by atoms with Gasteiger partial charge in [0.05, 0.1) is 23.7 Å². The Morgan fingerprint density at radius 1 is 1.12 bits per heavy atom. The number of anilines is 1. The molecule has 33 heavy (non-hydrogen) atoms. The molecular formula is C24H29N3O5S. The summed E-state index contributed by atoms with van der Waals surface area (Å²) in [6.07, 6.45) is 1.61. The van der Waals surface area contributed by atoms with Gasteiger partial charge in [0.2, 0.25) is 10.0 Å². The van der Waals surface area contributed by atoms with Gasteiger partial charge in [0.1, 0.15) is 0 Å². The van der Waals surface area contributed by atoms with Crippen LogP contribution in [0.25, 0.3) is 10.9 Å². The predicted molar refractivity (Wildman–Crippen MR) is 127 cm³/mol. The van der Waals surface area contributed by atoms with Crippen molar-refractivity contribution in [1.82, 2.24) is 8.87 Å². The van der Waals surface area contributed by atoms with Gasteiger partial charge in [-0.2, -0.15) is 4.31 Å². The summed E-state index contributed by atoms with van der Waals surface area (Å²) in [5, 5.41) is 3.87. The smallest absolute Gasteiger partial charge is 0.255 e. The molecule has 176 valence electrons. The lowest BCUT2D eigenvalue weighted by Gasteiger charge is -2.34. The quantitative estimate of drug-likeness (QED) is 0.571. The maximum atomic E-state index is 13.2. The van der Waals surface area contributed by atoms with Crippen molar-refractivity contribution >= 4 is 32.5 Å². The lowest BCUT2D eigenvalue weighted by Crippen LogP contribution is -2.48. The largest absolute Gasteiger partial charge is 0.383 e. The molecule has 3 aromatic rings. The van der Waals surface area contributed by atoms with Crippen LogP contribution in [0.5, 0.6) is 0 Å². The summed E-state index contributed by atoms with van der Waals surface area (Å²) in [6.45, 7) is 5.63. The lowest BCUT2D eigenvalue weighted by molar-refractivity contribution is -0.0440. The fraction of sp³-hybridized carbons (Fsp3) is 0.375. The van der Waals surface area contributed by atoms with E-state index in [1.54, 1.807) is 19.2 Å². The van der Waals surface area contributed by atoms with E-state index in [2.05, 4.69) is 9.88 Å². The first-order chi connectivity index (χ1) is 15.8. The van der Waals surface area contributed by atoms with Crippen LogP contribution in [-0.4, -0.2) is 62.2 Å². The highest BCUT2D eigenvalue weighted by Gasteiger charge is 2.32. The highest BCUT2D eigenvalue weighted by molar-refractivity contribution is 7.89. The first-order valence-corrected chi connectivity index (χ1v) is 12.4. The van der Waals surface area contributed by atoms with Crippen LogP contribution < -0.4 is 5.32 Å². The van der Waals surface area contributed by atoms with Crippen LogP contribution in [0.2, 0.25) is 0 Å². The molecule has 1 aliphatic heterocycles. The van der Waals surface area contributed by atoms with Crippen molar-refractivity contribution in [2.24, 2.45) is 0 Å². The van der Waals surface area contributed by atoms with Crippen molar-refractivity contribution in [3.05, 3.63) is 60.3 Å². The number of fused-ring (bicyclic) bond motifs is 1. The Hall–Kier alpha value is -2.72. The van der Waals surface area contributed by atoms with Gasteiger partial charge in [-0.3, -0.25) is 4.79 Å². The molecule has 0 spiro atoms. The topological polar surface area (TPSA) is 89.9 Å². The van der Waals surface area contributed by atoms with Gasteiger partial charge in [-0.05, 0) is 56.3 Å². The molecule has 0 aliphatic carbocycles. The number of morpholine rings is 1. The molecule has 2 heterocycles. The monoisotopic (exact) mass is 471 g/mol. The number of benzene rings is 2. The van der Waals surface area contributed by atoms with Crippen molar-refractivity contribution in [2.45, 2.75) is 37.5 Å². The number of nitrogens with zero attached hydrogens (tertiary/aromatic N) is 2. The molecule has 2 unspecified atom stereocenters. The number of aromatic nitrogens is 1. The normalized spacial score (nSPS) is 19.6. The van der Waals surface area contributed by atoms with Crippen molar-refractivity contribution in [3.8, 4) is 0 Å². The average Bonchev–Trinajstić information content (AvgIpc) is 3.19. The molecule has 9 heteroatoms. The fourth-order valence-electron chi connectivity index (χ4n) is 4.14. The van der Waals surface area contributed by atoms with Crippen molar-refractivity contribution in [3.63, 3.8) is 0 Å². The lowest BCUT2D eigenvalue weighted by atomic mass is 10.2. The molecule has 2 atom stereocenters. The van der Waals surface area contributed by atoms with Crippen LogP contribution >= 0.6 is 0 Å². The van der Waals surface area contributed by atoms with Gasteiger partial charge in [-0.15, -0.1) is 0 Å². The number of amides is 1. The molecule has 1 saturated heterocycles. The van der Waals surface area contributed by atoms with Crippen LogP contribution in [-0.2, 0) is 26.0 Å². The number of ether oxygens (including phenoxy) is 2. The van der Waals surface area contributed by atoms with Gasteiger partial charge >= 0.3 is 0 Å². The van der Waals surface area contributed by atoms with Crippen LogP contribution in [0.1, 0.15) is 24.2 Å². The number of rotatable bonds is 7. The Bertz CT molecular complexity index is 1240. The van der Waals surface area contributed by atoms with Gasteiger partial charge in [-0.1, -0.05) is 6.07 Å². The zero-order valence-corrected chi connectivity index (χ0v) is 19.8. The predicted octanol–water partition coefficient (Wildman–Crippen LogP) is 3.34. The van der Waals surface area contributed by atoms with Crippen molar-refractivity contribution in [2.75, 3.05) is 32.1 Å². The number of carbonyl (C=O) groups is 1. The highest BCUT2D eigenvalue weighted by Crippen LogP contribution is 2.24. The van der Waals surface area contributed by atoms with E-state index in [4.69, 9.17) is 9.47 Å². The second-order valence-electron chi connectivity index (χ2n) is 8.34. The van der Waals surface area contributed by atoms with E-state index >= 15 is 0 Å². The third-order valence-electron chi connectivity index (χ3n) is 5.69. The highest BCUT2D eigenvalue weighted by atomic mass is 32.2. The minimum atomic E-state index is -3.73. The molecule has 0 saturated carbocycles.